The molecule has 4 saturated carbocycles. The first-order valence-corrected chi connectivity index (χ1v) is 12.8. The molecule has 4 fully saturated rings. The molecule has 1 N–H and O–H groups in total. The number of fused-ring (bicyclic) bond motifs is 5. The number of rotatable bonds is 3. The van der Waals surface area contributed by atoms with Crippen LogP contribution in [0.4, 0.5) is 0 Å². The molecule has 1 aromatic heterocycles. The average Bonchev–Trinajstić information content (AvgIpc) is 3.06. The second kappa shape index (κ2) is 7.83. The highest BCUT2D eigenvalue weighted by Crippen LogP contribution is 2.70. The Labute approximate surface area is 196 Å². The average molecular weight is 455 g/mol. The molecule has 0 saturated heterocycles. The highest BCUT2D eigenvalue weighted by atomic mass is 16.5. The second-order valence-corrected chi connectivity index (χ2v) is 11.9. The van der Waals surface area contributed by atoms with Gasteiger partial charge in [-0.25, -0.2) is 9.59 Å². The van der Waals surface area contributed by atoms with E-state index in [0.717, 1.165) is 63.4 Å². The van der Waals surface area contributed by atoms with Crippen molar-refractivity contribution >= 4 is 5.97 Å². The summed E-state index contributed by atoms with van der Waals surface area (Å²) >= 11 is 0. The summed E-state index contributed by atoms with van der Waals surface area (Å²) in [6.07, 6.45) is 10.5. The maximum atomic E-state index is 12.3. The zero-order valence-electron chi connectivity index (χ0n) is 20.3. The predicted octanol–water partition coefficient (Wildman–Crippen LogP) is 5.37. The van der Waals surface area contributed by atoms with Crippen molar-refractivity contribution in [1.82, 2.24) is 0 Å². The Balaban J connectivity index is 1.37. The smallest absolute Gasteiger partial charge is 0.335 e. The molecule has 5 heteroatoms. The summed E-state index contributed by atoms with van der Waals surface area (Å²) in [6.45, 7) is 10.1. The summed E-state index contributed by atoms with van der Waals surface area (Å²) in [5.41, 5.74) is 0.487. The number of esters is 1. The first kappa shape index (κ1) is 22.9. The van der Waals surface area contributed by atoms with Crippen LogP contribution in [0, 0.1) is 28.6 Å². The molecular weight excluding hydrogens is 416 g/mol. The maximum Gasteiger partial charge on any atom is 0.335 e. The van der Waals surface area contributed by atoms with Crippen LogP contribution in [0.2, 0.25) is 0 Å². The molecular formula is C28H38O5. The quantitative estimate of drug-likeness (QED) is 0.491. The van der Waals surface area contributed by atoms with E-state index >= 15 is 0 Å². The molecule has 33 heavy (non-hydrogen) atoms. The topological polar surface area (TPSA) is 76.7 Å². The van der Waals surface area contributed by atoms with E-state index in [-0.39, 0.29) is 34.4 Å². The van der Waals surface area contributed by atoms with Crippen LogP contribution < -0.4 is 5.63 Å². The Morgan fingerprint density at radius 1 is 1.09 bits per heavy atom. The molecule has 5 nitrogen and oxygen atoms in total. The minimum absolute atomic E-state index is 0.00985. The fraction of sp³-hybridized carbons (Fsp3) is 0.714. The van der Waals surface area contributed by atoms with Gasteiger partial charge in [-0.3, -0.25) is 0 Å². The molecule has 180 valence electrons. The number of carbonyl (C=O) groups is 1. The zero-order chi connectivity index (χ0) is 23.6. The normalized spacial score (nSPS) is 44.3. The molecule has 4 aliphatic carbocycles. The van der Waals surface area contributed by atoms with Crippen molar-refractivity contribution in [2.45, 2.75) is 96.2 Å². The van der Waals surface area contributed by atoms with Crippen LogP contribution in [0.15, 0.2) is 39.8 Å². The summed E-state index contributed by atoms with van der Waals surface area (Å²) in [5, 5.41) is 12.3. The van der Waals surface area contributed by atoms with Gasteiger partial charge in [0.15, 0.2) is 0 Å². The lowest BCUT2D eigenvalue weighted by atomic mass is 9.43. The highest BCUT2D eigenvalue weighted by molar-refractivity contribution is 5.87. The molecule has 0 aliphatic heterocycles. The van der Waals surface area contributed by atoms with Gasteiger partial charge in [-0.1, -0.05) is 20.4 Å². The van der Waals surface area contributed by atoms with Crippen molar-refractivity contribution in [1.29, 1.82) is 0 Å². The molecule has 1 aromatic rings. The van der Waals surface area contributed by atoms with Gasteiger partial charge >= 0.3 is 11.6 Å². The summed E-state index contributed by atoms with van der Waals surface area (Å²) < 4.78 is 10.9. The SMILES string of the molecule is C=C(C)C(=O)O[C@H]1CC[C@@]2(C)[C@H](CC[C@@H]3[C@@H]2CC[C@]2(C)[C@@H](c4ccc(=O)oc4)CC[C@@]32O)C1. The first-order chi connectivity index (χ1) is 15.6. The van der Waals surface area contributed by atoms with Crippen molar-refractivity contribution in [3.63, 3.8) is 0 Å². The van der Waals surface area contributed by atoms with E-state index in [0.29, 0.717) is 23.3 Å². The van der Waals surface area contributed by atoms with Gasteiger partial charge in [-0.05, 0) is 105 Å². The summed E-state index contributed by atoms with van der Waals surface area (Å²) in [7, 11) is 0. The molecule has 0 unspecified atom stereocenters. The molecule has 4 aliphatic rings. The van der Waals surface area contributed by atoms with E-state index in [4.69, 9.17) is 9.15 Å². The van der Waals surface area contributed by atoms with Gasteiger partial charge in [0.2, 0.25) is 0 Å². The number of hydrogen-bond acceptors (Lipinski definition) is 5. The zero-order valence-corrected chi connectivity index (χ0v) is 20.3. The van der Waals surface area contributed by atoms with E-state index in [9.17, 15) is 14.7 Å². The third-order valence-electron chi connectivity index (χ3n) is 10.6. The molecule has 8 atom stereocenters. The molecule has 0 spiro atoms. The van der Waals surface area contributed by atoms with E-state index in [1.807, 2.05) is 6.07 Å². The fourth-order valence-corrected chi connectivity index (χ4v) is 8.65. The monoisotopic (exact) mass is 454 g/mol. The Kier molecular flexibility index (Phi) is 5.43. The molecule has 0 aromatic carbocycles. The lowest BCUT2D eigenvalue weighted by Gasteiger charge is -2.63. The lowest BCUT2D eigenvalue weighted by Crippen LogP contribution is -2.62. The van der Waals surface area contributed by atoms with Crippen molar-refractivity contribution in [3.8, 4) is 0 Å². The lowest BCUT2D eigenvalue weighted by molar-refractivity contribution is -0.207. The van der Waals surface area contributed by atoms with Crippen molar-refractivity contribution < 1.29 is 19.1 Å². The predicted molar refractivity (Wildman–Crippen MR) is 126 cm³/mol. The fourth-order valence-electron chi connectivity index (χ4n) is 8.65. The van der Waals surface area contributed by atoms with Crippen LogP contribution in [0.3, 0.4) is 0 Å². The molecule has 0 radical (unpaired) electrons. The minimum atomic E-state index is -0.687. The first-order valence-electron chi connectivity index (χ1n) is 12.8. The van der Waals surface area contributed by atoms with Crippen molar-refractivity contribution in [2.24, 2.45) is 28.6 Å². The Morgan fingerprint density at radius 2 is 1.88 bits per heavy atom. The summed E-state index contributed by atoms with van der Waals surface area (Å²) in [5.74, 6) is 1.28. The van der Waals surface area contributed by atoms with Gasteiger partial charge in [0, 0.05) is 17.1 Å². The van der Waals surface area contributed by atoms with Gasteiger partial charge in [0.05, 0.1) is 11.9 Å². The number of ether oxygens (including phenoxy) is 1. The molecule has 0 bridgehead atoms. The minimum Gasteiger partial charge on any atom is -0.459 e. The number of aliphatic hydroxyl groups is 1. The van der Waals surface area contributed by atoms with Crippen molar-refractivity contribution in [3.05, 3.63) is 46.5 Å². The highest BCUT2D eigenvalue weighted by Gasteiger charge is 2.67. The van der Waals surface area contributed by atoms with E-state index in [1.165, 1.54) is 6.07 Å². The van der Waals surface area contributed by atoms with Crippen LogP contribution in [-0.2, 0) is 9.53 Å². The second-order valence-electron chi connectivity index (χ2n) is 11.9. The number of hydrogen-bond donors (Lipinski definition) is 1. The Morgan fingerprint density at radius 3 is 2.58 bits per heavy atom. The van der Waals surface area contributed by atoms with Crippen LogP contribution in [0.1, 0.15) is 90.0 Å². The van der Waals surface area contributed by atoms with Crippen LogP contribution in [0.5, 0.6) is 0 Å². The van der Waals surface area contributed by atoms with Gasteiger partial charge in [0.25, 0.3) is 0 Å². The van der Waals surface area contributed by atoms with Gasteiger partial charge in [-0.15, -0.1) is 0 Å². The van der Waals surface area contributed by atoms with Crippen molar-refractivity contribution in [2.75, 3.05) is 0 Å². The van der Waals surface area contributed by atoms with Gasteiger partial charge < -0.3 is 14.3 Å². The Hall–Kier alpha value is -1.88. The third-order valence-corrected chi connectivity index (χ3v) is 10.6. The standard InChI is InChI=1S/C28H38O5/c1-17(2)25(30)33-20-9-12-26(3)19(15-20)6-7-23-22(26)10-13-27(4)21(11-14-28(23,27)31)18-5-8-24(29)32-16-18/h5,8,16,19-23,31H,1,6-7,9-15H2,2-4H3/t19-,20+,21-,22+,23-,26+,27-,28-/m1/s1. The van der Waals surface area contributed by atoms with Crippen LogP contribution in [-0.4, -0.2) is 22.8 Å². The molecule has 5 rings (SSSR count). The molecule has 1 heterocycles. The largest absolute Gasteiger partial charge is 0.459 e. The summed E-state index contributed by atoms with van der Waals surface area (Å²) in [4.78, 5) is 23.6. The summed E-state index contributed by atoms with van der Waals surface area (Å²) in [6, 6.07) is 3.40. The molecule has 0 amide bonds. The van der Waals surface area contributed by atoms with Gasteiger partial charge in [-0.2, -0.15) is 0 Å². The van der Waals surface area contributed by atoms with E-state index < -0.39 is 5.60 Å². The number of carbonyl (C=O) groups excluding carboxylic acids is 1. The van der Waals surface area contributed by atoms with Gasteiger partial charge in [0.1, 0.15) is 6.10 Å². The third kappa shape index (κ3) is 3.37. The van der Waals surface area contributed by atoms with Crippen LogP contribution >= 0.6 is 0 Å². The van der Waals surface area contributed by atoms with Crippen LogP contribution in [0.25, 0.3) is 0 Å². The van der Waals surface area contributed by atoms with E-state index in [1.54, 1.807) is 13.2 Å². The van der Waals surface area contributed by atoms with E-state index in [2.05, 4.69) is 20.4 Å². The maximum absolute atomic E-state index is 12.3. The Bertz CT molecular complexity index is 991.